The molecule has 0 saturated carbocycles. The van der Waals surface area contributed by atoms with Gasteiger partial charge in [-0.05, 0) is 56.7 Å². The van der Waals surface area contributed by atoms with Crippen LogP contribution in [-0.2, 0) is 0 Å². The van der Waals surface area contributed by atoms with Crippen LogP contribution in [0.2, 0.25) is 0 Å². The van der Waals surface area contributed by atoms with Crippen LogP contribution in [0.5, 0.6) is 0 Å². The van der Waals surface area contributed by atoms with E-state index >= 15 is 0 Å². The molecule has 0 unspecified atom stereocenters. The molecular weight excluding hydrogens is 250 g/mol. The SMILES string of the molecule is Cc1cc(C)c(NC(=O)c2ccc(C#N)cc2)c(C)n1. The van der Waals surface area contributed by atoms with Gasteiger partial charge >= 0.3 is 0 Å². The molecule has 0 bridgehead atoms. The van der Waals surface area contributed by atoms with Gasteiger partial charge in [0.25, 0.3) is 5.91 Å². The molecule has 0 fully saturated rings. The molecule has 0 aliphatic carbocycles. The maximum Gasteiger partial charge on any atom is 0.255 e. The summed E-state index contributed by atoms with van der Waals surface area (Å²) in [7, 11) is 0. The van der Waals surface area contributed by atoms with Gasteiger partial charge in [0.05, 0.1) is 23.0 Å². The lowest BCUT2D eigenvalue weighted by atomic mass is 10.1. The molecule has 4 heteroatoms. The molecule has 0 saturated heterocycles. The fourth-order valence-electron chi connectivity index (χ4n) is 2.09. The normalized spacial score (nSPS) is 9.90. The zero-order chi connectivity index (χ0) is 14.7. The van der Waals surface area contributed by atoms with Gasteiger partial charge in [0, 0.05) is 11.3 Å². The van der Waals surface area contributed by atoms with E-state index in [4.69, 9.17) is 5.26 Å². The lowest BCUT2D eigenvalue weighted by Gasteiger charge is -2.12. The number of carbonyl (C=O) groups excluding carboxylic acids is 1. The summed E-state index contributed by atoms with van der Waals surface area (Å²) in [5.41, 5.74) is 4.50. The van der Waals surface area contributed by atoms with E-state index in [-0.39, 0.29) is 5.91 Å². The Balaban J connectivity index is 2.26. The van der Waals surface area contributed by atoms with Crippen LogP contribution in [0.1, 0.15) is 32.9 Å². The number of nitriles is 1. The average molecular weight is 265 g/mol. The summed E-state index contributed by atoms with van der Waals surface area (Å²) < 4.78 is 0. The highest BCUT2D eigenvalue weighted by Crippen LogP contribution is 2.20. The number of nitrogens with zero attached hydrogens (tertiary/aromatic N) is 2. The number of hydrogen-bond acceptors (Lipinski definition) is 3. The van der Waals surface area contributed by atoms with Crippen molar-refractivity contribution in [2.75, 3.05) is 5.32 Å². The van der Waals surface area contributed by atoms with Crippen molar-refractivity contribution in [1.29, 1.82) is 5.26 Å². The number of benzene rings is 1. The maximum atomic E-state index is 12.2. The Morgan fingerprint density at radius 3 is 2.40 bits per heavy atom. The quantitative estimate of drug-likeness (QED) is 0.907. The molecular formula is C16H15N3O. The van der Waals surface area contributed by atoms with Crippen molar-refractivity contribution in [2.45, 2.75) is 20.8 Å². The van der Waals surface area contributed by atoms with E-state index in [1.807, 2.05) is 32.9 Å². The molecule has 20 heavy (non-hydrogen) atoms. The van der Waals surface area contributed by atoms with Crippen LogP contribution < -0.4 is 5.32 Å². The van der Waals surface area contributed by atoms with E-state index in [1.54, 1.807) is 24.3 Å². The standard InChI is InChI=1S/C16H15N3O/c1-10-8-11(2)18-12(3)15(10)19-16(20)14-6-4-13(9-17)5-7-14/h4-8H,1-3H3,(H,19,20). The molecule has 4 nitrogen and oxygen atoms in total. The number of anilines is 1. The largest absolute Gasteiger partial charge is 0.320 e. The number of aromatic nitrogens is 1. The van der Waals surface area contributed by atoms with Crippen molar-refractivity contribution < 1.29 is 4.79 Å². The summed E-state index contributed by atoms with van der Waals surface area (Å²) in [5, 5.41) is 11.6. The monoisotopic (exact) mass is 265 g/mol. The Bertz CT molecular complexity index is 674. The second kappa shape index (κ2) is 5.54. The van der Waals surface area contributed by atoms with Gasteiger partial charge < -0.3 is 5.32 Å². The molecule has 2 aromatic rings. The van der Waals surface area contributed by atoms with E-state index in [0.29, 0.717) is 11.1 Å². The predicted molar refractivity (Wildman–Crippen MR) is 77.6 cm³/mol. The zero-order valence-electron chi connectivity index (χ0n) is 11.7. The molecule has 0 atom stereocenters. The summed E-state index contributed by atoms with van der Waals surface area (Å²) in [6, 6.07) is 10.5. The fourth-order valence-corrected chi connectivity index (χ4v) is 2.09. The molecule has 1 aromatic carbocycles. The van der Waals surface area contributed by atoms with Crippen LogP contribution in [0, 0.1) is 32.1 Å². The van der Waals surface area contributed by atoms with E-state index in [9.17, 15) is 4.79 Å². The number of rotatable bonds is 2. The van der Waals surface area contributed by atoms with Crippen molar-refractivity contribution in [1.82, 2.24) is 4.98 Å². The van der Waals surface area contributed by atoms with Crippen molar-refractivity contribution in [3.05, 3.63) is 58.4 Å². The molecule has 0 aliphatic heterocycles. The van der Waals surface area contributed by atoms with Crippen LogP contribution in [0.3, 0.4) is 0 Å². The number of pyridine rings is 1. The first-order chi connectivity index (χ1) is 9.51. The van der Waals surface area contributed by atoms with E-state index in [2.05, 4.69) is 10.3 Å². The molecule has 0 aliphatic rings. The van der Waals surface area contributed by atoms with Gasteiger partial charge in [-0.25, -0.2) is 0 Å². The minimum absolute atomic E-state index is 0.202. The van der Waals surface area contributed by atoms with Crippen molar-refractivity contribution >= 4 is 11.6 Å². The van der Waals surface area contributed by atoms with Crippen molar-refractivity contribution in [3.63, 3.8) is 0 Å². The van der Waals surface area contributed by atoms with E-state index in [1.165, 1.54) is 0 Å². The third-order valence-corrected chi connectivity index (χ3v) is 3.04. The minimum Gasteiger partial charge on any atom is -0.320 e. The van der Waals surface area contributed by atoms with Crippen LogP contribution in [0.4, 0.5) is 5.69 Å². The Morgan fingerprint density at radius 2 is 1.85 bits per heavy atom. The molecule has 0 radical (unpaired) electrons. The zero-order valence-corrected chi connectivity index (χ0v) is 11.7. The molecule has 1 heterocycles. The highest BCUT2D eigenvalue weighted by molar-refractivity contribution is 6.05. The Morgan fingerprint density at radius 1 is 1.20 bits per heavy atom. The first-order valence-corrected chi connectivity index (χ1v) is 6.27. The third kappa shape index (κ3) is 2.83. The fraction of sp³-hybridized carbons (Fsp3) is 0.188. The number of nitrogens with one attached hydrogen (secondary N) is 1. The lowest BCUT2D eigenvalue weighted by molar-refractivity contribution is 0.102. The van der Waals surface area contributed by atoms with Crippen LogP contribution in [0.25, 0.3) is 0 Å². The smallest absolute Gasteiger partial charge is 0.255 e. The highest BCUT2D eigenvalue weighted by Gasteiger charge is 2.11. The van der Waals surface area contributed by atoms with Gasteiger partial charge in [-0.2, -0.15) is 5.26 Å². The Kier molecular flexibility index (Phi) is 3.81. The van der Waals surface area contributed by atoms with Crippen molar-refractivity contribution in [2.24, 2.45) is 0 Å². The highest BCUT2D eigenvalue weighted by atomic mass is 16.1. The summed E-state index contributed by atoms with van der Waals surface area (Å²) in [5.74, 6) is -0.202. The van der Waals surface area contributed by atoms with E-state index < -0.39 is 0 Å². The molecule has 100 valence electrons. The van der Waals surface area contributed by atoms with Gasteiger partial charge in [0.2, 0.25) is 0 Å². The first kappa shape index (κ1) is 13.8. The van der Waals surface area contributed by atoms with Crippen LogP contribution in [0.15, 0.2) is 30.3 Å². The van der Waals surface area contributed by atoms with Gasteiger partial charge in [0.15, 0.2) is 0 Å². The van der Waals surface area contributed by atoms with Gasteiger partial charge in [-0.15, -0.1) is 0 Å². The first-order valence-electron chi connectivity index (χ1n) is 6.27. The molecule has 1 aromatic heterocycles. The summed E-state index contributed by atoms with van der Waals surface area (Å²) in [6.07, 6.45) is 0. The average Bonchev–Trinajstić information content (AvgIpc) is 2.42. The van der Waals surface area contributed by atoms with Gasteiger partial charge in [-0.1, -0.05) is 0 Å². The minimum atomic E-state index is -0.202. The predicted octanol–water partition coefficient (Wildman–Crippen LogP) is 3.13. The second-order valence-corrected chi connectivity index (χ2v) is 4.68. The lowest BCUT2D eigenvalue weighted by Crippen LogP contribution is -2.14. The summed E-state index contributed by atoms with van der Waals surface area (Å²) >= 11 is 0. The molecule has 0 spiro atoms. The number of carbonyl (C=O) groups is 1. The molecule has 1 N–H and O–H groups in total. The molecule has 2 rings (SSSR count). The Hall–Kier alpha value is -2.67. The van der Waals surface area contributed by atoms with Gasteiger partial charge in [-0.3, -0.25) is 9.78 Å². The molecule has 1 amide bonds. The number of aryl methyl sites for hydroxylation is 3. The van der Waals surface area contributed by atoms with Crippen LogP contribution in [-0.4, -0.2) is 10.9 Å². The summed E-state index contributed by atoms with van der Waals surface area (Å²) in [4.78, 5) is 16.5. The number of hydrogen-bond donors (Lipinski definition) is 1. The van der Waals surface area contributed by atoms with Gasteiger partial charge in [0.1, 0.15) is 0 Å². The van der Waals surface area contributed by atoms with Crippen molar-refractivity contribution in [3.8, 4) is 6.07 Å². The Labute approximate surface area is 118 Å². The second-order valence-electron chi connectivity index (χ2n) is 4.68. The van der Waals surface area contributed by atoms with Crippen LogP contribution >= 0.6 is 0 Å². The third-order valence-electron chi connectivity index (χ3n) is 3.04. The summed E-state index contributed by atoms with van der Waals surface area (Å²) in [6.45, 7) is 5.73. The topological polar surface area (TPSA) is 65.8 Å². The van der Waals surface area contributed by atoms with E-state index in [0.717, 1.165) is 22.6 Å². The number of amides is 1. The maximum absolute atomic E-state index is 12.2.